The van der Waals surface area contributed by atoms with Gasteiger partial charge in [0.2, 0.25) is 0 Å². The van der Waals surface area contributed by atoms with Crippen LogP contribution in [0, 0.1) is 11.3 Å². The zero-order valence-corrected chi connectivity index (χ0v) is 6.65. The van der Waals surface area contributed by atoms with Gasteiger partial charge in [-0.25, -0.2) is 9.13 Å². The molecule has 0 unspecified atom stereocenters. The predicted octanol–water partition coefficient (Wildman–Crippen LogP) is 0.386. The Hall–Kier alpha value is -1.56. The molecule has 3 heteroatoms. The summed E-state index contributed by atoms with van der Waals surface area (Å²) in [6.07, 6.45) is 7.13. The first-order valence-corrected chi connectivity index (χ1v) is 3.33. The molecule has 0 atom stereocenters. The van der Waals surface area contributed by atoms with Crippen molar-refractivity contribution in [3.8, 4) is 6.07 Å². The maximum atomic E-state index is 8.29. The number of aryl methyl sites for hydroxylation is 2. The predicted molar refractivity (Wildman–Crippen MR) is 41.2 cm³/mol. The molecule has 3 nitrogen and oxygen atoms in total. The molecule has 0 aliphatic rings. The molecule has 0 saturated carbocycles. The summed E-state index contributed by atoms with van der Waals surface area (Å²) in [5, 5.41) is 8.29. The molecule has 1 heterocycles. The normalized spacial score (nSPS) is 10.3. The zero-order valence-electron chi connectivity index (χ0n) is 6.65. The van der Waals surface area contributed by atoms with Crippen molar-refractivity contribution < 1.29 is 4.57 Å². The van der Waals surface area contributed by atoms with E-state index in [1.165, 1.54) is 6.08 Å². The molecule has 0 bridgehead atoms. The van der Waals surface area contributed by atoms with E-state index >= 15 is 0 Å². The van der Waals surface area contributed by atoms with Gasteiger partial charge in [-0.05, 0) is 0 Å². The van der Waals surface area contributed by atoms with Crippen LogP contribution in [-0.4, -0.2) is 4.57 Å². The Labute approximate surface area is 65.8 Å². The number of hydrogen-bond donors (Lipinski definition) is 0. The molecular weight excluding hydrogens is 138 g/mol. The minimum Gasteiger partial charge on any atom is -0.233 e. The van der Waals surface area contributed by atoms with Crippen LogP contribution < -0.4 is 4.57 Å². The monoisotopic (exact) mass is 148 g/mol. The molecule has 0 radical (unpaired) electrons. The topological polar surface area (TPSA) is 32.6 Å². The van der Waals surface area contributed by atoms with E-state index in [-0.39, 0.29) is 0 Å². The van der Waals surface area contributed by atoms with Gasteiger partial charge in [-0.15, -0.1) is 0 Å². The summed E-state index contributed by atoms with van der Waals surface area (Å²) in [5.74, 6) is 1.01. The van der Waals surface area contributed by atoms with Crippen molar-refractivity contribution in [1.82, 2.24) is 4.57 Å². The van der Waals surface area contributed by atoms with Gasteiger partial charge in [0.1, 0.15) is 12.4 Å². The van der Waals surface area contributed by atoms with Gasteiger partial charge in [-0.2, -0.15) is 5.26 Å². The summed E-state index contributed by atoms with van der Waals surface area (Å²) in [5.41, 5.74) is 0. The molecule has 0 fully saturated rings. The van der Waals surface area contributed by atoms with Crippen LogP contribution in [-0.2, 0) is 14.1 Å². The van der Waals surface area contributed by atoms with E-state index in [1.54, 1.807) is 6.08 Å². The number of imidazole rings is 1. The minimum absolute atomic E-state index is 1.01. The SMILES string of the molecule is Cn1cc[n+](C)c1C=CC#N. The molecule has 11 heavy (non-hydrogen) atoms. The highest BCUT2D eigenvalue weighted by molar-refractivity contribution is 5.41. The Balaban J connectivity index is 3.03. The first kappa shape index (κ1) is 7.55. The molecular formula is C8H10N3+. The fourth-order valence-electron chi connectivity index (χ4n) is 0.948. The van der Waals surface area contributed by atoms with Crippen molar-refractivity contribution in [2.45, 2.75) is 0 Å². The van der Waals surface area contributed by atoms with Crippen LogP contribution in [0.15, 0.2) is 18.5 Å². The lowest BCUT2D eigenvalue weighted by Gasteiger charge is -1.87. The van der Waals surface area contributed by atoms with Gasteiger partial charge >= 0.3 is 0 Å². The molecule has 1 rings (SSSR count). The van der Waals surface area contributed by atoms with Crippen LogP contribution in [0.3, 0.4) is 0 Å². The quantitative estimate of drug-likeness (QED) is 0.419. The van der Waals surface area contributed by atoms with Gasteiger partial charge in [-0.1, -0.05) is 0 Å². The maximum absolute atomic E-state index is 8.29. The first-order chi connectivity index (χ1) is 5.25. The van der Waals surface area contributed by atoms with Crippen molar-refractivity contribution in [1.29, 1.82) is 5.26 Å². The molecule has 0 saturated heterocycles. The van der Waals surface area contributed by atoms with Gasteiger partial charge < -0.3 is 0 Å². The van der Waals surface area contributed by atoms with E-state index < -0.39 is 0 Å². The van der Waals surface area contributed by atoms with Crippen LogP contribution in [0.25, 0.3) is 6.08 Å². The third-order valence-corrected chi connectivity index (χ3v) is 1.54. The molecule has 1 aromatic rings. The van der Waals surface area contributed by atoms with Crippen molar-refractivity contribution in [3.63, 3.8) is 0 Å². The third kappa shape index (κ3) is 1.47. The van der Waals surface area contributed by atoms with Crippen LogP contribution >= 0.6 is 0 Å². The summed E-state index contributed by atoms with van der Waals surface area (Å²) in [6.45, 7) is 0. The first-order valence-electron chi connectivity index (χ1n) is 3.33. The average molecular weight is 148 g/mol. The number of nitrogens with zero attached hydrogens (tertiary/aromatic N) is 3. The summed E-state index contributed by atoms with van der Waals surface area (Å²) in [6, 6.07) is 1.95. The minimum atomic E-state index is 1.01. The highest BCUT2D eigenvalue weighted by Gasteiger charge is 2.05. The Morgan fingerprint density at radius 3 is 2.91 bits per heavy atom. The van der Waals surface area contributed by atoms with Crippen LogP contribution in [0.5, 0.6) is 0 Å². The lowest BCUT2D eigenvalue weighted by molar-refractivity contribution is -0.672. The summed E-state index contributed by atoms with van der Waals surface area (Å²) >= 11 is 0. The van der Waals surface area contributed by atoms with E-state index in [4.69, 9.17) is 5.26 Å². The van der Waals surface area contributed by atoms with Crippen molar-refractivity contribution in [2.24, 2.45) is 14.1 Å². The van der Waals surface area contributed by atoms with Crippen molar-refractivity contribution >= 4 is 6.08 Å². The van der Waals surface area contributed by atoms with Gasteiger partial charge in [0, 0.05) is 12.2 Å². The van der Waals surface area contributed by atoms with Crippen LogP contribution in [0.2, 0.25) is 0 Å². The van der Waals surface area contributed by atoms with Crippen molar-refractivity contribution in [2.75, 3.05) is 0 Å². The van der Waals surface area contributed by atoms with E-state index in [1.807, 2.05) is 41.7 Å². The number of hydrogen-bond acceptors (Lipinski definition) is 1. The smallest absolute Gasteiger partial charge is 0.233 e. The summed E-state index contributed by atoms with van der Waals surface area (Å²) in [4.78, 5) is 0. The molecule has 0 aliphatic carbocycles. The van der Waals surface area contributed by atoms with Gasteiger partial charge in [-0.3, -0.25) is 0 Å². The van der Waals surface area contributed by atoms with Gasteiger partial charge in [0.15, 0.2) is 0 Å². The second-order valence-electron chi connectivity index (χ2n) is 2.34. The highest BCUT2D eigenvalue weighted by atomic mass is 15.1. The highest BCUT2D eigenvalue weighted by Crippen LogP contribution is 1.93. The molecule has 0 N–H and O–H groups in total. The summed E-state index contributed by atoms with van der Waals surface area (Å²) in [7, 11) is 3.88. The van der Waals surface area contributed by atoms with E-state index in [0.29, 0.717) is 0 Å². The Morgan fingerprint density at radius 1 is 1.73 bits per heavy atom. The van der Waals surface area contributed by atoms with E-state index in [0.717, 1.165) is 5.82 Å². The second-order valence-corrected chi connectivity index (χ2v) is 2.34. The fourth-order valence-corrected chi connectivity index (χ4v) is 0.948. The maximum Gasteiger partial charge on any atom is 0.281 e. The van der Waals surface area contributed by atoms with Gasteiger partial charge in [0.25, 0.3) is 5.82 Å². The number of allylic oxidation sites excluding steroid dienone is 1. The Kier molecular flexibility index (Phi) is 2.07. The second kappa shape index (κ2) is 3.02. The van der Waals surface area contributed by atoms with Crippen LogP contribution in [0.4, 0.5) is 0 Å². The summed E-state index contributed by atoms with van der Waals surface area (Å²) < 4.78 is 3.90. The molecule has 0 aliphatic heterocycles. The fraction of sp³-hybridized carbons (Fsp3) is 0.250. The lowest BCUT2D eigenvalue weighted by atomic mass is 10.5. The van der Waals surface area contributed by atoms with E-state index in [9.17, 15) is 0 Å². The van der Waals surface area contributed by atoms with Gasteiger partial charge in [0.05, 0.1) is 20.2 Å². The lowest BCUT2D eigenvalue weighted by Crippen LogP contribution is -2.29. The third-order valence-electron chi connectivity index (χ3n) is 1.54. The Bertz CT molecular complexity index is 295. The number of aromatic nitrogens is 2. The zero-order chi connectivity index (χ0) is 8.27. The molecule has 56 valence electrons. The van der Waals surface area contributed by atoms with Crippen LogP contribution in [0.1, 0.15) is 5.82 Å². The molecule has 0 aromatic carbocycles. The average Bonchev–Trinajstić information content (AvgIpc) is 2.29. The molecule has 0 spiro atoms. The molecule has 1 aromatic heterocycles. The Morgan fingerprint density at radius 2 is 2.45 bits per heavy atom. The largest absolute Gasteiger partial charge is 0.281 e. The van der Waals surface area contributed by atoms with Crippen molar-refractivity contribution in [3.05, 3.63) is 24.3 Å². The molecule has 0 amide bonds. The standard InChI is InChI=1S/C8H10N3/c1-10-6-7-11(2)8(10)4-3-5-9/h3-4,6-7H,1-2H3/q+1. The van der Waals surface area contributed by atoms with E-state index in [2.05, 4.69) is 0 Å². The number of nitriles is 1. The number of rotatable bonds is 1.